The van der Waals surface area contributed by atoms with Gasteiger partial charge in [0.25, 0.3) is 0 Å². The third-order valence-electron chi connectivity index (χ3n) is 4.11. The fourth-order valence-electron chi connectivity index (χ4n) is 3.23. The second-order valence-corrected chi connectivity index (χ2v) is 5.31. The second kappa shape index (κ2) is 5.14. The molecule has 1 spiro atoms. The molecule has 17 heavy (non-hydrogen) atoms. The molecule has 5 heteroatoms. The quantitative estimate of drug-likeness (QED) is 0.828. The number of nitrogens with zero attached hydrogens (tertiary/aromatic N) is 1. The summed E-state index contributed by atoms with van der Waals surface area (Å²) in [5, 5.41) is 3.39. The van der Waals surface area contributed by atoms with Gasteiger partial charge in [-0.1, -0.05) is 12.8 Å². The first-order valence-corrected chi connectivity index (χ1v) is 6.54. The monoisotopic (exact) mass is 250 g/mol. The molecule has 100 valence electrons. The third-order valence-corrected chi connectivity index (χ3v) is 4.11. The van der Waals surface area contributed by atoms with E-state index in [1.165, 1.54) is 12.8 Å². The number of alkyl halides is 3. The number of piperazine rings is 1. The maximum absolute atomic E-state index is 12.1. The second-order valence-electron chi connectivity index (χ2n) is 5.31. The van der Waals surface area contributed by atoms with Crippen LogP contribution in [0.5, 0.6) is 0 Å². The van der Waals surface area contributed by atoms with Gasteiger partial charge in [0.1, 0.15) is 0 Å². The molecular formula is C12H21F3N2. The Labute approximate surface area is 101 Å². The highest BCUT2D eigenvalue weighted by Crippen LogP contribution is 2.36. The van der Waals surface area contributed by atoms with Crippen molar-refractivity contribution in [1.82, 2.24) is 10.2 Å². The molecule has 0 aromatic rings. The SMILES string of the molecule is FC(F)(F)CCCN1CCNCC12CCCC2. The minimum Gasteiger partial charge on any atom is -0.314 e. The predicted octanol–water partition coefficient (Wildman–Crippen LogP) is 2.55. The Balaban J connectivity index is 1.85. The summed E-state index contributed by atoms with van der Waals surface area (Å²) >= 11 is 0. The molecule has 1 saturated heterocycles. The van der Waals surface area contributed by atoms with Gasteiger partial charge in [-0.2, -0.15) is 13.2 Å². The molecule has 1 aliphatic carbocycles. The van der Waals surface area contributed by atoms with E-state index in [4.69, 9.17) is 0 Å². The first-order chi connectivity index (χ1) is 8.02. The fourth-order valence-corrected chi connectivity index (χ4v) is 3.23. The molecule has 2 aliphatic rings. The van der Waals surface area contributed by atoms with Crippen molar-refractivity contribution in [2.75, 3.05) is 26.2 Å². The molecule has 0 atom stereocenters. The smallest absolute Gasteiger partial charge is 0.314 e. The van der Waals surface area contributed by atoms with Gasteiger partial charge >= 0.3 is 6.18 Å². The van der Waals surface area contributed by atoms with Gasteiger partial charge in [0.2, 0.25) is 0 Å². The van der Waals surface area contributed by atoms with Gasteiger partial charge in [-0.3, -0.25) is 4.90 Å². The minimum absolute atomic E-state index is 0.170. The van der Waals surface area contributed by atoms with Gasteiger partial charge in [-0.25, -0.2) is 0 Å². The lowest BCUT2D eigenvalue weighted by molar-refractivity contribution is -0.137. The minimum atomic E-state index is -4.00. The van der Waals surface area contributed by atoms with Crippen LogP contribution in [0.15, 0.2) is 0 Å². The highest BCUT2D eigenvalue weighted by Gasteiger charge is 2.41. The lowest BCUT2D eigenvalue weighted by Gasteiger charge is -2.45. The van der Waals surface area contributed by atoms with E-state index in [2.05, 4.69) is 10.2 Å². The van der Waals surface area contributed by atoms with Gasteiger partial charge in [0, 0.05) is 31.6 Å². The van der Waals surface area contributed by atoms with Gasteiger partial charge in [-0.15, -0.1) is 0 Å². The zero-order chi connectivity index (χ0) is 12.4. The molecule has 1 heterocycles. The molecule has 1 aliphatic heterocycles. The van der Waals surface area contributed by atoms with E-state index in [9.17, 15) is 13.2 Å². The van der Waals surface area contributed by atoms with Crippen molar-refractivity contribution in [3.8, 4) is 0 Å². The van der Waals surface area contributed by atoms with Crippen LogP contribution in [0.25, 0.3) is 0 Å². The third kappa shape index (κ3) is 3.35. The maximum Gasteiger partial charge on any atom is 0.389 e. The van der Waals surface area contributed by atoms with E-state index in [-0.39, 0.29) is 12.0 Å². The van der Waals surface area contributed by atoms with Crippen molar-refractivity contribution in [2.45, 2.75) is 50.2 Å². The topological polar surface area (TPSA) is 15.3 Å². The number of hydrogen-bond donors (Lipinski definition) is 1. The zero-order valence-electron chi connectivity index (χ0n) is 10.2. The van der Waals surface area contributed by atoms with Gasteiger partial charge < -0.3 is 5.32 Å². The van der Waals surface area contributed by atoms with E-state index in [1.54, 1.807) is 0 Å². The standard InChI is InChI=1S/C12H21F3N2/c13-12(14,15)6-3-8-17-9-7-16-10-11(17)4-1-2-5-11/h16H,1-10H2. The molecule has 0 aromatic carbocycles. The van der Waals surface area contributed by atoms with Crippen molar-refractivity contribution in [3.05, 3.63) is 0 Å². The van der Waals surface area contributed by atoms with Gasteiger partial charge in [-0.05, 0) is 25.8 Å². The molecule has 0 amide bonds. The van der Waals surface area contributed by atoms with Crippen molar-refractivity contribution < 1.29 is 13.2 Å². The van der Waals surface area contributed by atoms with Crippen LogP contribution in [0.1, 0.15) is 38.5 Å². The van der Waals surface area contributed by atoms with E-state index >= 15 is 0 Å². The average Bonchev–Trinajstić information content (AvgIpc) is 2.69. The molecule has 1 saturated carbocycles. The first kappa shape index (κ1) is 13.1. The summed E-state index contributed by atoms with van der Waals surface area (Å²) in [5.41, 5.74) is 0.170. The number of nitrogens with one attached hydrogen (secondary N) is 1. The summed E-state index contributed by atoms with van der Waals surface area (Å²) in [5.74, 6) is 0. The van der Waals surface area contributed by atoms with Crippen molar-refractivity contribution in [2.24, 2.45) is 0 Å². The van der Waals surface area contributed by atoms with Crippen LogP contribution in [0.2, 0.25) is 0 Å². The van der Waals surface area contributed by atoms with E-state index in [0.717, 1.165) is 32.5 Å². The fraction of sp³-hybridized carbons (Fsp3) is 1.00. The normalized spacial score (nSPS) is 25.6. The number of rotatable bonds is 3. The first-order valence-electron chi connectivity index (χ1n) is 6.54. The van der Waals surface area contributed by atoms with Crippen LogP contribution in [0.4, 0.5) is 13.2 Å². The Bertz CT molecular complexity index is 247. The lowest BCUT2D eigenvalue weighted by atomic mass is 9.92. The lowest BCUT2D eigenvalue weighted by Crippen LogP contribution is -2.60. The van der Waals surface area contributed by atoms with Crippen molar-refractivity contribution >= 4 is 0 Å². The summed E-state index contributed by atoms with van der Waals surface area (Å²) in [6.07, 6.45) is 0.322. The molecule has 0 bridgehead atoms. The average molecular weight is 250 g/mol. The zero-order valence-corrected chi connectivity index (χ0v) is 10.2. The highest BCUT2D eigenvalue weighted by atomic mass is 19.4. The summed E-state index contributed by atoms with van der Waals surface area (Å²) in [7, 11) is 0. The van der Waals surface area contributed by atoms with Crippen LogP contribution >= 0.6 is 0 Å². The Kier molecular flexibility index (Phi) is 3.98. The Hall–Kier alpha value is -0.290. The van der Waals surface area contributed by atoms with Gasteiger partial charge in [0.15, 0.2) is 0 Å². The molecule has 2 rings (SSSR count). The molecule has 2 fully saturated rings. The summed E-state index contributed by atoms with van der Waals surface area (Å²) in [4.78, 5) is 2.31. The van der Waals surface area contributed by atoms with E-state index < -0.39 is 12.6 Å². The molecule has 0 unspecified atom stereocenters. The number of hydrogen-bond acceptors (Lipinski definition) is 2. The van der Waals surface area contributed by atoms with Crippen LogP contribution < -0.4 is 5.32 Å². The van der Waals surface area contributed by atoms with Crippen molar-refractivity contribution in [1.29, 1.82) is 0 Å². The van der Waals surface area contributed by atoms with Crippen LogP contribution in [-0.2, 0) is 0 Å². The molecule has 2 nitrogen and oxygen atoms in total. The molecule has 0 radical (unpaired) electrons. The maximum atomic E-state index is 12.1. The largest absolute Gasteiger partial charge is 0.389 e. The van der Waals surface area contributed by atoms with Crippen LogP contribution in [0.3, 0.4) is 0 Å². The molecular weight excluding hydrogens is 229 g/mol. The van der Waals surface area contributed by atoms with Crippen LogP contribution in [-0.4, -0.2) is 42.8 Å². The Morgan fingerprint density at radius 2 is 1.88 bits per heavy atom. The van der Waals surface area contributed by atoms with E-state index in [0.29, 0.717) is 6.54 Å². The summed E-state index contributed by atoms with van der Waals surface area (Å²) in [6.45, 7) is 3.37. The van der Waals surface area contributed by atoms with Crippen molar-refractivity contribution in [3.63, 3.8) is 0 Å². The number of halogens is 3. The van der Waals surface area contributed by atoms with Gasteiger partial charge in [0.05, 0.1) is 0 Å². The van der Waals surface area contributed by atoms with E-state index in [1.807, 2.05) is 0 Å². The molecule has 1 N–H and O–H groups in total. The summed E-state index contributed by atoms with van der Waals surface area (Å²) in [6, 6.07) is 0. The summed E-state index contributed by atoms with van der Waals surface area (Å²) < 4.78 is 36.4. The molecule has 0 aromatic heterocycles. The Morgan fingerprint density at radius 1 is 1.18 bits per heavy atom. The highest BCUT2D eigenvalue weighted by molar-refractivity contribution is 4.99. The Morgan fingerprint density at radius 3 is 2.53 bits per heavy atom. The predicted molar refractivity (Wildman–Crippen MR) is 60.9 cm³/mol. The van der Waals surface area contributed by atoms with Crippen LogP contribution in [0, 0.1) is 0 Å².